The van der Waals surface area contributed by atoms with Crippen LogP contribution in [0.3, 0.4) is 0 Å². The highest BCUT2D eigenvalue weighted by Crippen LogP contribution is 2.07. The van der Waals surface area contributed by atoms with E-state index in [4.69, 9.17) is 0 Å². The molecule has 0 aliphatic carbocycles. The molecule has 2 heteroatoms. The third-order valence-electron chi connectivity index (χ3n) is 2.54. The molecule has 18 heavy (non-hydrogen) atoms. The molecule has 0 aromatic heterocycles. The molecule has 0 aliphatic rings. The largest absolute Gasteiger partial charge is 0.312 e. The second kappa shape index (κ2) is 9.46. The van der Waals surface area contributed by atoms with Gasteiger partial charge in [0.2, 0.25) is 5.91 Å². The Labute approximate surface area is 111 Å². The lowest BCUT2D eigenvalue weighted by atomic mass is 10.1. The van der Waals surface area contributed by atoms with Gasteiger partial charge in [-0.1, -0.05) is 36.0 Å². The summed E-state index contributed by atoms with van der Waals surface area (Å²) in [6.45, 7) is 12.4. The summed E-state index contributed by atoms with van der Waals surface area (Å²) in [7, 11) is 0. The topological polar surface area (TPSA) is 20.3 Å². The molecule has 0 fully saturated rings. The number of nitrogens with zero attached hydrogens (tertiary/aromatic N) is 1. The molecule has 100 valence electrons. The maximum atomic E-state index is 11.6. The van der Waals surface area contributed by atoms with Crippen molar-refractivity contribution in [3.8, 4) is 0 Å². The zero-order valence-electron chi connectivity index (χ0n) is 12.1. The van der Waals surface area contributed by atoms with Gasteiger partial charge < -0.3 is 4.90 Å². The van der Waals surface area contributed by atoms with E-state index in [0.29, 0.717) is 6.54 Å². The molecule has 0 radical (unpaired) electrons. The van der Waals surface area contributed by atoms with Crippen molar-refractivity contribution in [2.75, 3.05) is 6.54 Å². The molecule has 2 nitrogen and oxygen atoms in total. The van der Waals surface area contributed by atoms with Crippen LogP contribution in [-0.2, 0) is 4.79 Å². The smallest absolute Gasteiger partial charge is 0.250 e. The SMILES string of the molecule is C=CN(C/C=C(\C)CCC=C(C)C)C(=O)/C=C/C. The minimum absolute atomic E-state index is 0.0270. The van der Waals surface area contributed by atoms with Gasteiger partial charge in [0.15, 0.2) is 0 Å². The Balaban J connectivity index is 4.28. The number of carbonyl (C=O) groups is 1. The van der Waals surface area contributed by atoms with Crippen molar-refractivity contribution >= 4 is 5.91 Å². The van der Waals surface area contributed by atoms with Gasteiger partial charge in [0.1, 0.15) is 0 Å². The van der Waals surface area contributed by atoms with Crippen LogP contribution in [0.4, 0.5) is 0 Å². The maximum absolute atomic E-state index is 11.6. The van der Waals surface area contributed by atoms with Crippen LogP contribution in [0.15, 0.2) is 48.2 Å². The molecular weight excluding hydrogens is 222 g/mol. The quantitative estimate of drug-likeness (QED) is 0.487. The molecule has 0 bridgehead atoms. The standard InChI is InChI=1S/C16H25NO/c1-6-9-16(18)17(7-2)13-12-15(5)11-8-10-14(3)4/h6-7,9-10,12H,2,8,11,13H2,1,3-5H3/b9-6+,15-12+. The molecule has 0 atom stereocenters. The van der Waals surface area contributed by atoms with Crippen molar-refractivity contribution in [2.24, 2.45) is 0 Å². The zero-order chi connectivity index (χ0) is 14.0. The first-order valence-corrected chi connectivity index (χ1v) is 6.36. The number of carbonyl (C=O) groups excluding carboxylic acids is 1. The Bertz CT molecular complexity index is 357. The minimum atomic E-state index is -0.0270. The van der Waals surface area contributed by atoms with Gasteiger partial charge in [-0.2, -0.15) is 0 Å². The average molecular weight is 247 g/mol. The Morgan fingerprint density at radius 3 is 2.39 bits per heavy atom. The minimum Gasteiger partial charge on any atom is -0.312 e. The van der Waals surface area contributed by atoms with Crippen molar-refractivity contribution in [3.05, 3.63) is 48.2 Å². The fourth-order valence-electron chi connectivity index (χ4n) is 1.44. The summed E-state index contributed by atoms with van der Waals surface area (Å²) in [6, 6.07) is 0. The highest BCUT2D eigenvalue weighted by Gasteiger charge is 2.03. The zero-order valence-corrected chi connectivity index (χ0v) is 12.1. The van der Waals surface area contributed by atoms with Crippen LogP contribution in [0.5, 0.6) is 0 Å². The summed E-state index contributed by atoms with van der Waals surface area (Å²) in [5.74, 6) is -0.0270. The van der Waals surface area contributed by atoms with Crippen LogP contribution in [-0.4, -0.2) is 17.4 Å². The van der Waals surface area contributed by atoms with Crippen molar-refractivity contribution in [2.45, 2.75) is 40.5 Å². The summed E-state index contributed by atoms with van der Waals surface area (Å²) in [4.78, 5) is 13.2. The first-order valence-electron chi connectivity index (χ1n) is 6.36. The summed E-state index contributed by atoms with van der Waals surface area (Å²) in [5.41, 5.74) is 2.64. The Kier molecular flexibility index (Phi) is 8.63. The monoisotopic (exact) mass is 247 g/mol. The lowest BCUT2D eigenvalue weighted by molar-refractivity contribution is -0.123. The van der Waals surface area contributed by atoms with Gasteiger partial charge in [-0.25, -0.2) is 0 Å². The molecule has 0 saturated heterocycles. The Morgan fingerprint density at radius 1 is 1.22 bits per heavy atom. The number of allylic oxidation sites excluding steroid dienone is 4. The van der Waals surface area contributed by atoms with E-state index in [-0.39, 0.29) is 5.91 Å². The molecule has 0 heterocycles. The van der Waals surface area contributed by atoms with Crippen LogP contribution >= 0.6 is 0 Å². The van der Waals surface area contributed by atoms with Gasteiger partial charge in [0, 0.05) is 12.7 Å². The first kappa shape index (κ1) is 16.4. The molecule has 0 aliphatic heterocycles. The molecule has 0 rings (SSSR count). The van der Waals surface area contributed by atoms with Crippen LogP contribution in [0, 0.1) is 0 Å². The second-order valence-electron chi connectivity index (χ2n) is 4.54. The third-order valence-corrected chi connectivity index (χ3v) is 2.54. The fourth-order valence-corrected chi connectivity index (χ4v) is 1.44. The maximum Gasteiger partial charge on any atom is 0.250 e. The van der Waals surface area contributed by atoms with Crippen LogP contribution < -0.4 is 0 Å². The third kappa shape index (κ3) is 7.66. The van der Waals surface area contributed by atoms with Crippen LogP contribution in [0.2, 0.25) is 0 Å². The molecule has 0 aromatic rings. The van der Waals surface area contributed by atoms with E-state index in [1.807, 2.05) is 6.92 Å². The molecule has 0 aromatic carbocycles. The van der Waals surface area contributed by atoms with E-state index in [9.17, 15) is 4.79 Å². The Hall–Kier alpha value is -1.57. The molecule has 1 amide bonds. The molecular formula is C16H25NO. The molecule has 0 N–H and O–H groups in total. The predicted molar refractivity (Wildman–Crippen MR) is 79.1 cm³/mol. The van der Waals surface area contributed by atoms with Gasteiger partial charge in [-0.3, -0.25) is 4.79 Å². The van der Waals surface area contributed by atoms with Crippen LogP contribution in [0.25, 0.3) is 0 Å². The van der Waals surface area contributed by atoms with Gasteiger partial charge in [0.25, 0.3) is 0 Å². The fraction of sp³-hybridized carbons (Fsp3) is 0.438. The number of hydrogen-bond donors (Lipinski definition) is 0. The van der Waals surface area contributed by atoms with E-state index >= 15 is 0 Å². The summed E-state index contributed by atoms with van der Waals surface area (Å²) < 4.78 is 0. The number of rotatable bonds is 7. The van der Waals surface area contributed by atoms with Gasteiger partial charge >= 0.3 is 0 Å². The normalized spacial score (nSPS) is 11.4. The predicted octanol–water partition coefficient (Wildman–Crippen LogP) is 4.23. The van der Waals surface area contributed by atoms with Gasteiger partial charge in [-0.05, 0) is 46.6 Å². The lowest BCUT2D eigenvalue weighted by Gasteiger charge is -2.14. The average Bonchev–Trinajstić information content (AvgIpc) is 2.29. The van der Waals surface area contributed by atoms with Crippen molar-refractivity contribution in [1.82, 2.24) is 4.90 Å². The van der Waals surface area contributed by atoms with E-state index in [1.54, 1.807) is 23.3 Å². The number of hydrogen-bond acceptors (Lipinski definition) is 1. The molecule has 0 saturated carbocycles. The summed E-state index contributed by atoms with van der Waals surface area (Å²) in [6.07, 6.45) is 11.3. The molecule has 0 spiro atoms. The lowest BCUT2D eigenvalue weighted by Crippen LogP contribution is -2.23. The Morgan fingerprint density at radius 2 is 1.89 bits per heavy atom. The molecule has 0 unspecified atom stereocenters. The van der Waals surface area contributed by atoms with Gasteiger partial charge in [0.05, 0.1) is 0 Å². The van der Waals surface area contributed by atoms with E-state index in [0.717, 1.165) is 12.8 Å². The van der Waals surface area contributed by atoms with Crippen LogP contribution in [0.1, 0.15) is 40.5 Å². The van der Waals surface area contributed by atoms with Crippen molar-refractivity contribution < 1.29 is 4.79 Å². The van der Waals surface area contributed by atoms with Crippen molar-refractivity contribution in [3.63, 3.8) is 0 Å². The van der Waals surface area contributed by atoms with E-state index in [2.05, 4.69) is 39.5 Å². The van der Waals surface area contributed by atoms with E-state index < -0.39 is 0 Å². The van der Waals surface area contributed by atoms with E-state index in [1.165, 1.54) is 11.1 Å². The summed E-state index contributed by atoms with van der Waals surface area (Å²) in [5, 5.41) is 0. The number of amides is 1. The highest BCUT2D eigenvalue weighted by atomic mass is 16.2. The van der Waals surface area contributed by atoms with Crippen molar-refractivity contribution in [1.29, 1.82) is 0 Å². The summed E-state index contributed by atoms with van der Waals surface area (Å²) >= 11 is 0. The van der Waals surface area contributed by atoms with Gasteiger partial charge in [-0.15, -0.1) is 0 Å². The first-order chi connectivity index (χ1) is 8.51. The highest BCUT2D eigenvalue weighted by molar-refractivity contribution is 5.88. The second-order valence-corrected chi connectivity index (χ2v) is 4.54.